The molecule has 0 heterocycles. The minimum absolute atomic E-state index is 0.0930. The lowest BCUT2D eigenvalue weighted by Gasteiger charge is -1.99. The third-order valence-electron chi connectivity index (χ3n) is 3.36. The number of carbonyl (C=O) groups excluding carboxylic acids is 1. The van der Waals surface area contributed by atoms with Gasteiger partial charge in [-0.2, -0.15) is 0 Å². The Labute approximate surface area is 131 Å². The molecule has 0 saturated heterocycles. The van der Waals surface area contributed by atoms with Gasteiger partial charge in [0.25, 0.3) is 0 Å². The molecule has 0 aliphatic carbocycles. The second kappa shape index (κ2) is 16.8. The van der Waals surface area contributed by atoms with E-state index in [2.05, 4.69) is 35.7 Å². The number of esters is 1. The van der Waals surface area contributed by atoms with Gasteiger partial charge in [-0.25, -0.2) is 0 Å². The summed E-state index contributed by atoms with van der Waals surface area (Å²) in [5.41, 5.74) is 0. The van der Waals surface area contributed by atoms with Crippen LogP contribution in [-0.4, -0.2) is 13.1 Å². The molecular weight excluding hydrogens is 260 g/mol. The van der Waals surface area contributed by atoms with E-state index in [9.17, 15) is 4.79 Å². The Morgan fingerprint density at radius 2 is 1.57 bits per heavy atom. The first-order chi connectivity index (χ1) is 10.3. The van der Waals surface area contributed by atoms with Crippen LogP contribution in [-0.2, 0) is 9.53 Å². The molecule has 21 heavy (non-hydrogen) atoms. The zero-order valence-corrected chi connectivity index (χ0v) is 14.0. The van der Waals surface area contributed by atoms with Crippen LogP contribution in [0.1, 0.15) is 84.0 Å². The highest BCUT2D eigenvalue weighted by Crippen LogP contribution is 2.07. The van der Waals surface area contributed by atoms with E-state index in [1.54, 1.807) is 0 Å². The average molecular weight is 292 g/mol. The molecule has 2 heteroatoms. The van der Waals surface area contributed by atoms with Gasteiger partial charge in [-0.15, -0.1) is 11.8 Å². The normalized spacial score (nSPS) is 10.4. The summed E-state index contributed by atoms with van der Waals surface area (Å²) in [6.07, 6.45) is 17.6. The fourth-order valence-electron chi connectivity index (χ4n) is 2.01. The summed E-state index contributed by atoms with van der Waals surface area (Å²) in [5.74, 6) is 6.39. The average Bonchev–Trinajstić information content (AvgIpc) is 2.50. The molecule has 0 bridgehead atoms. The van der Waals surface area contributed by atoms with Crippen molar-refractivity contribution in [3.8, 4) is 11.8 Å². The summed E-state index contributed by atoms with van der Waals surface area (Å²) >= 11 is 0. The van der Waals surface area contributed by atoms with Crippen LogP contribution in [0, 0.1) is 11.8 Å². The van der Waals surface area contributed by atoms with E-state index in [4.69, 9.17) is 0 Å². The Balaban J connectivity index is 3.23. The van der Waals surface area contributed by atoms with Crippen LogP contribution < -0.4 is 0 Å². The summed E-state index contributed by atoms with van der Waals surface area (Å²) in [6.45, 7) is 2.22. The Morgan fingerprint density at radius 1 is 0.905 bits per heavy atom. The SMILES string of the molecule is CCCC/C=C\CCC#CCCCCCCCC(=O)OC. The molecule has 0 spiro atoms. The van der Waals surface area contributed by atoms with Crippen molar-refractivity contribution in [2.24, 2.45) is 0 Å². The van der Waals surface area contributed by atoms with E-state index in [0.29, 0.717) is 6.42 Å². The lowest BCUT2D eigenvalue weighted by molar-refractivity contribution is -0.140. The van der Waals surface area contributed by atoms with Crippen molar-refractivity contribution in [2.75, 3.05) is 7.11 Å². The van der Waals surface area contributed by atoms with Crippen LogP contribution in [0.2, 0.25) is 0 Å². The molecule has 0 aliphatic heterocycles. The second-order valence-corrected chi connectivity index (χ2v) is 5.35. The van der Waals surface area contributed by atoms with Crippen molar-refractivity contribution >= 4 is 5.97 Å². The topological polar surface area (TPSA) is 26.3 Å². The van der Waals surface area contributed by atoms with Crippen LogP contribution in [0.3, 0.4) is 0 Å². The summed E-state index contributed by atoms with van der Waals surface area (Å²) in [7, 11) is 1.45. The first-order valence-electron chi connectivity index (χ1n) is 8.48. The summed E-state index contributed by atoms with van der Waals surface area (Å²) in [6, 6.07) is 0. The first kappa shape index (κ1) is 19.8. The molecule has 0 aromatic rings. The number of unbranched alkanes of at least 4 members (excludes halogenated alkanes) is 8. The van der Waals surface area contributed by atoms with Crippen molar-refractivity contribution in [2.45, 2.75) is 84.0 Å². The Hall–Kier alpha value is -1.23. The van der Waals surface area contributed by atoms with Crippen molar-refractivity contribution in [1.29, 1.82) is 0 Å². The molecule has 0 fully saturated rings. The molecule has 0 saturated carbocycles. The van der Waals surface area contributed by atoms with Gasteiger partial charge in [0.05, 0.1) is 7.11 Å². The van der Waals surface area contributed by atoms with Gasteiger partial charge in [-0.3, -0.25) is 4.79 Å². The van der Waals surface area contributed by atoms with E-state index in [0.717, 1.165) is 32.1 Å². The maximum atomic E-state index is 10.9. The number of ether oxygens (including phenoxy) is 1. The van der Waals surface area contributed by atoms with Gasteiger partial charge in [0, 0.05) is 19.3 Å². The molecule has 0 aliphatic rings. The third-order valence-corrected chi connectivity index (χ3v) is 3.36. The predicted octanol–water partition coefficient (Wildman–Crippen LogP) is 5.42. The molecule has 0 aromatic carbocycles. The van der Waals surface area contributed by atoms with Crippen LogP contribution in [0.25, 0.3) is 0 Å². The van der Waals surface area contributed by atoms with E-state index < -0.39 is 0 Å². The van der Waals surface area contributed by atoms with Gasteiger partial charge in [-0.1, -0.05) is 51.2 Å². The molecule has 0 rings (SSSR count). The number of hydrogen-bond acceptors (Lipinski definition) is 2. The summed E-state index contributed by atoms with van der Waals surface area (Å²) < 4.78 is 4.61. The molecule has 2 nitrogen and oxygen atoms in total. The van der Waals surface area contributed by atoms with Crippen molar-refractivity contribution in [3.63, 3.8) is 0 Å². The molecule has 0 N–H and O–H groups in total. The maximum Gasteiger partial charge on any atom is 0.305 e. The zero-order valence-electron chi connectivity index (χ0n) is 14.0. The van der Waals surface area contributed by atoms with Crippen LogP contribution >= 0.6 is 0 Å². The Bertz CT molecular complexity index is 320. The molecule has 0 radical (unpaired) electrons. The maximum absolute atomic E-state index is 10.9. The molecular formula is C19H32O2. The minimum Gasteiger partial charge on any atom is -0.469 e. The van der Waals surface area contributed by atoms with Crippen LogP contribution in [0.15, 0.2) is 12.2 Å². The Kier molecular flexibility index (Phi) is 15.8. The number of hydrogen-bond donors (Lipinski definition) is 0. The third kappa shape index (κ3) is 16.7. The quantitative estimate of drug-likeness (QED) is 0.208. The minimum atomic E-state index is -0.0930. The number of rotatable bonds is 12. The molecule has 0 atom stereocenters. The fraction of sp³-hybridized carbons (Fsp3) is 0.737. The molecule has 0 aromatic heterocycles. The molecule has 0 unspecified atom stereocenters. The number of carbonyl (C=O) groups is 1. The van der Waals surface area contributed by atoms with Crippen molar-refractivity contribution in [1.82, 2.24) is 0 Å². The summed E-state index contributed by atoms with van der Waals surface area (Å²) in [5, 5.41) is 0. The van der Waals surface area contributed by atoms with Gasteiger partial charge in [-0.05, 0) is 25.7 Å². The van der Waals surface area contributed by atoms with Gasteiger partial charge in [0.15, 0.2) is 0 Å². The van der Waals surface area contributed by atoms with E-state index >= 15 is 0 Å². The largest absolute Gasteiger partial charge is 0.469 e. The lowest BCUT2D eigenvalue weighted by Crippen LogP contribution is -1.99. The van der Waals surface area contributed by atoms with Crippen molar-refractivity contribution < 1.29 is 9.53 Å². The smallest absolute Gasteiger partial charge is 0.305 e. The Morgan fingerprint density at radius 3 is 2.33 bits per heavy atom. The van der Waals surface area contributed by atoms with Crippen molar-refractivity contribution in [3.05, 3.63) is 12.2 Å². The highest BCUT2D eigenvalue weighted by molar-refractivity contribution is 5.68. The monoisotopic (exact) mass is 292 g/mol. The van der Waals surface area contributed by atoms with Gasteiger partial charge in [0.2, 0.25) is 0 Å². The lowest BCUT2D eigenvalue weighted by atomic mass is 10.1. The van der Waals surface area contributed by atoms with Gasteiger partial charge >= 0.3 is 5.97 Å². The van der Waals surface area contributed by atoms with Gasteiger partial charge < -0.3 is 4.74 Å². The van der Waals surface area contributed by atoms with E-state index in [1.807, 2.05) is 0 Å². The summed E-state index contributed by atoms with van der Waals surface area (Å²) in [4.78, 5) is 10.9. The predicted molar refractivity (Wildman–Crippen MR) is 90.0 cm³/mol. The van der Waals surface area contributed by atoms with E-state index in [-0.39, 0.29) is 5.97 Å². The standard InChI is InChI=1S/C19H32O2/c1-3-4-5-6-7-8-9-10-11-12-13-14-15-16-17-18-19(20)21-2/h6-7H,3-5,8-9,12-18H2,1-2H3/b7-6-. The highest BCUT2D eigenvalue weighted by atomic mass is 16.5. The van der Waals surface area contributed by atoms with E-state index in [1.165, 1.54) is 45.6 Å². The molecule has 120 valence electrons. The fourth-order valence-corrected chi connectivity index (χ4v) is 2.01. The highest BCUT2D eigenvalue weighted by Gasteiger charge is 1.98. The molecule has 0 amide bonds. The van der Waals surface area contributed by atoms with Crippen LogP contribution in [0.5, 0.6) is 0 Å². The first-order valence-corrected chi connectivity index (χ1v) is 8.48. The number of methoxy groups -OCH3 is 1. The van der Waals surface area contributed by atoms with Gasteiger partial charge in [0.1, 0.15) is 0 Å². The zero-order chi connectivity index (χ0) is 15.6. The second-order valence-electron chi connectivity index (χ2n) is 5.35. The van der Waals surface area contributed by atoms with Crippen LogP contribution in [0.4, 0.5) is 0 Å². The number of allylic oxidation sites excluding steroid dienone is 2.